The summed E-state index contributed by atoms with van der Waals surface area (Å²) in [6.07, 6.45) is 0.868. The number of benzene rings is 3. The number of nitrogens with zero attached hydrogens (tertiary/aromatic N) is 2. The van der Waals surface area contributed by atoms with Crippen molar-refractivity contribution in [1.82, 2.24) is 9.55 Å². The number of para-hydroxylation sites is 3. The standard InChI is InChI=1S/C24H23ClN2O2/c1-18-8-6-9-19(16-18)28-15-7-14-27-22-12-4-3-11-21(22)26-24(27)17-29-23-13-5-2-10-20(23)25/h2-6,8-13,16H,7,14-15,17H2,1H3. The highest BCUT2D eigenvalue weighted by atomic mass is 35.5. The number of rotatable bonds is 8. The summed E-state index contributed by atoms with van der Waals surface area (Å²) in [5, 5.41) is 0.599. The maximum absolute atomic E-state index is 6.21. The zero-order chi connectivity index (χ0) is 20.1. The van der Waals surface area contributed by atoms with Crippen molar-refractivity contribution in [1.29, 1.82) is 0 Å². The molecule has 0 saturated heterocycles. The van der Waals surface area contributed by atoms with Gasteiger partial charge in [0.15, 0.2) is 0 Å². The first-order valence-electron chi connectivity index (χ1n) is 9.71. The molecule has 29 heavy (non-hydrogen) atoms. The molecule has 0 N–H and O–H groups in total. The Labute approximate surface area is 175 Å². The Balaban J connectivity index is 1.45. The Morgan fingerprint density at radius 2 is 1.76 bits per heavy atom. The summed E-state index contributed by atoms with van der Waals surface area (Å²) in [6.45, 7) is 3.86. The van der Waals surface area contributed by atoms with Crippen LogP contribution in [-0.4, -0.2) is 16.2 Å². The normalized spacial score (nSPS) is 11.0. The van der Waals surface area contributed by atoms with Gasteiger partial charge in [0.2, 0.25) is 0 Å². The monoisotopic (exact) mass is 406 g/mol. The minimum Gasteiger partial charge on any atom is -0.494 e. The molecular weight excluding hydrogens is 384 g/mol. The number of imidazole rings is 1. The maximum Gasteiger partial charge on any atom is 0.148 e. The third-order valence-electron chi connectivity index (χ3n) is 4.71. The molecule has 4 nitrogen and oxygen atoms in total. The molecule has 1 aromatic heterocycles. The first kappa shape index (κ1) is 19.3. The average Bonchev–Trinajstić information content (AvgIpc) is 3.08. The van der Waals surface area contributed by atoms with Crippen LogP contribution in [0.25, 0.3) is 11.0 Å². The fourth-order valence-electron chi connectivity index (χ4n) is 3.31. The third kappa shape index (κ3) is 4.72. The molecule has 0 spiro atoms. The van der Waals surface area contributed by atoms with Crippen LogP contribution in [0.15, 0.2) is 72.8 Å². The van der Waals surface area contributed by atoms with E-state index in [1.54, 1.807) is 0 Å². The van der Waals surface area contributed by atoms with Crippen molar-refractivity contribution < 1.29 is 9.47 Å². The first-order valence-corrected chi connectivity index (χ1v) is 10.1. The average molecular weight is 407 g/mol. The van der Waals surface area contributed by atoms with Crippen molar-refractivity contribution in [3.63, 3.8) is 0 Å². The summed E-state index contributed by atoms with van der Waals surface area (Å²) < 4.78 is 14.0. The lowest BCUT2D eigenvalue weighted by molar-refractivity contribution is 0.280. The van der Waals surface area contributed by atoms with Crippen LogP contribution in [0, 0.1) is 6.92 Å². The molecule has 0 atom stereocenters. The molecule has 0 fully saturated rings. The summed E-state index contributed by atoms with van der Waals surface area (Å²) in [5.74, 6) is 2.44. The fraction of sp³-hybridized carbons (Fsp3) is 0.208. The lowest BCUT2D eigenvalue weighted by atomic mass is 10.2. The van der Waals surface area contributed by atoms with Gasteiger partial charge in [-0.3, -0.25) is 0 Å². The molecule has 3 aromatic carbocycles. The van der Waals surface area contributed by atoms with Crippen LogP contribution in [0.2, 0.25) is 5.02 Å². The molecular formula is C24H23ClN2O2. The second-order valence-corrected chi connectivity index (χ2v) is 7.31. The molecule has 0 bridgehead atoms. The lowest BCUT2D eigenvalue weighted by Gasteiger charge is -2.12. The van der Waals surface area contributed by atoms with Gasteiger partial charge < -0.3 is 14.0 Å². The van der Waals surface area contributed by atoms with Crippen LogP contribution in [0.3, 0.4) is 0 Å². The largest absolute Gasteiger partial charge is 0.494 e. The zero-order valence-electron chi connectivity index (χ0n) is 16.3. The number of aromatic nitrogens is 2. The predicted octanol–water partition coefficient (Wildman–Crippen LogP) is 6.05. The summed E-state index contributed by atoms with van der Waals surface area (Å²) in [5.41, 5.74) is 3.26. The number of halogens is 1. The molecule has 0 amide bonds. The highest BCUT2D eigenvalue weighted by Gasteiger charge is 2.12. The Hall–Kier alpha value is -2.98. The number of aryl methyl sites for hydroxylation is 2. The maximum atomic E-state index is 6.21. The Morgan fingerprint density at radius 3 is 2.62 bits per heavy atom. The van der Waals surface area contributed by atoms with Crippen LogP contribution < -0.4 is 9.47 Å². The molecule has 148 valence electrons. The molecule has 0 aliphatic carbocycles. The highest BCUT2D eigenvalue weighted by molar-refractivity contribution is 6.32. The van der Waals surface area contributed by atoms with Crippen LogP contribution in [-0.2, 0) is 13.2 Å². The van der Waals surface area contributed by atoms with Crippen molar-refractivity contribution in [2.75, 3.05) is 6.61 Å². The van der Waals surface area contributed by atoms with E-state index in [0.717, 1.165) is 35.6 Å². The Morgan fingerprint density at radius 1 is 0.931 bits per heavy atom. The lowest BCUT2D eigenvalue weighted by Crippen LogP contribution is -2.10. The van der Waals surface area contributed by atoms with Crippen molar-refractivity contribution in [2.24, 2.45) is 0 Å². The molecule has 0 radical (unpaired) electrons. The second kappa shape index (κ2) is 9.01. The van der Waals surface area contributed by atoms with Gasteiger partial charge in [-0.05, 0) is 55.3 Å². The van der Waals surface area contributed by atoms with Crippen molar-refractivity contribution in [2.45, 2.75) is 26.5 Å². The minimum absolute atomic E-state index is 0.358. The van der Waals surface area contributed by atoms with E-state index < -0.39 is 0 Å². The second-order valence-electron chi connectivity index (χ2n) is 6.91. The molecule has 0 saturated carbocycles. The van der Waals surface area contributed by atoms with Gasteiger partial charge in [-0.15, -0.1) is 0 Å². The number of ether oxygens (including phenoxy) is 2. The molecule has 0 aliphatic heterocycles. The number of hydrogen-bond donors (Lipinski definition) is 0. The van der Waals surface area contributed by atoms with Gasteiger partial charge in [0.25, 0.3) is 0 Å². The Bertz CT molecular complexity index is 1110. The van der Waals surface area contributed by atoms with Crippen LogP contribution in [0.1, 0.15) is 17.8 Å². The summed E-state index contributed by atoms with van der Waals surface area (Å²) in [4.78, 5) is 4.76. The first-order chi connectivity index (χ1) is 14.2. The van der Waals surface area contributed by atoms with E-state index >= 15 is 0 Å². The van der Waals surface area contributed by atoms with Crippen LogP contribution >= 0.6 is 11.6 Å². The van der Waals surface area contributed by atoms with E-state index in [-0.39, 0.29) is 0 Å². The molecule has 1 heterocycles. The van der Waals surface area contributed by atoms with E-state index in [4.69, 9.17) is 26.1 Å². The van der Waals surface area contributed by atoms with Gasteiger partial charge in [0.05, 0.1) is 22.7 Å². The predicted molar refractivity (Wildman–Crippen MR) is 117 cm³/mol. The van der Waals surface area contributed by atoms with Crippen molar-refractivity contribution in [3.8, 4) is 11.5 Å². The summed E-state index contributed by atoms with van der Waals surface area (Å²) in [7, 11) is 0. The molecule has 4 rings (SSSR count). The van der Waals surface area contributed by atoms with Gasteiger partial charge in [0, 0.05) is 6.54 Å². The van der Waals surface area contributed by atoms with E-state index in [0.29, 0.717) is 24.0 Å². The van der Waals surface area contributed by atoms with Gasteiger partial charge in [-0.1, -0.05) is 48.0 Å². The number of hydrogen-bond acceptors (Lipinski definition) is 3. The van der Waals surface area contributed by atoms with Gasteiger partial charge in [0.1, 0.15) is 23.9 Å². The van der Waals surface area contributed by atoms with Gasteiger partial charge >= 0.3 is 0 Å². The SMILES string of the molecule is Cc1cccc(OCCCn2c(COc3ccccc3Cl)nc3ccccc32)c1. The third-order valence-corrected chi connectivity index (χ3v) is 5.02. The fourth-order valence-corrected chi connectivity index (χ4v) is 3.50. The molecule has 5 heteroatoms. The highest BCUT2D eigenvalue weighted by Crippen LogP contribution is 2.25. The van der Waals surface area contributed by atoms with Crippen molar-refractivity contribution >= 4 is 22.6 Å². The smallest absolute Gasteiger partial charge is 0.148 e. The topological polar surface area (TPSA) is 36.3 Å². The quantitative estimate of drug-likeness (QED) is 0.334. The minimum atomic E-state index is 0.358. The molecule has 0 unspecified atom stereocenters. The summed E-state index contributed by atoms with van der Waals surface area (Å²) >= 11 is 6.21. The van der Waals surface area contributed by atoms with Crippen LogP contribution in [0.5, 0.6) is 11.5 Å². The Kier molecular flexibility index (Phi) is 6.01. The van der Waals surface area contributed by atoms with Crippen LogP contribution in [0.4, 0.5) is 0 Å². The van der Waals surface area contributed by atoms with E-state index in [1.165, 1.54) is 5.56 Å². The van der Waals surface area contributed by atoms with E-state index in [9.17, 15) is 0 Å². The van der Waals surface area contributed by atoms with E-state index in [1.807, 2.05) is 54.6 Å². The molecule has 0 aliphatic rings. The van der Waals surface area contributed by atoms with Gasteiger partial charge in [-0.25, -0.2) is 4.98 Å². The van der Waals surface area contributed by atoms with Gasteiger partial charge in [-0.2, -0.15) is 0 Å². The van der Waals surface area contributed by atoms with Crippen molar-refractivity contribution in [3.05, 3.63) is 89.2 Å². The summed E-state index contributed by atoms with van der Waals surface area (Å²) in [6, 6.07) is 23.7. The molecule has 4 aromatic rings. The number of fused-ring (bicyclic) bond motifs is 1. The zero-order valence-corrected chi connectivity index (χ0v) is 17.1. The van der Waals surface area contributed by atoms with E-state index in [2.05, 4.69) is 29.7 Å².